The van der Waals surface area contributed by atoms with E-state index in [4.69, 9.17) is 21.7 Å². The van der Waals surface area contributed by atoms with Crippen molar-refractivity contribution >= 4 is 35.4 Å². The highest BCUT2D eigenvalue weighted by atomic mass is 35.5. The molecule has 2 bridgehead atoms. The van der Waals surface area contributed by atoms with Crippen LogP contribution in [0.3, 0.4) is 0 Å². The number of nitrogens with one attached hydrogen (secondary N) is 4. The maximum atomic E-state index is 13.9. The second-order valence-electron chi connectivity index (χ2n) is 6.60. The normalized spacial score (nSPS) is 17.3. The Morgan fingerprint density at radius 3 is 3.00 bits per heavy atom. The van der Waals surface area contributed by atoms with Gasteiger partial charge in [-0.25, -0.2) is 14.2 Å². The fraction of sp³-hybridized carbons (Fsp3) is 0.350. The number of amides is 2. The Morgan fingerprint density at radius 1 is 1.45 bits per heavy atom. The van der Waals surface area contributed by atoms with Crippen molar-refractivity contribution in [2.45, 2.75) is 25.8 Å². The van der Waals surface area contributed by atoms with Gasteiger partial charge in [0, 0.05) is 24.9 Å². The molecule has 154 valence electrons. The highest BCUT2D eigenvalue weighted by molar-refractivity contribution is 6.30. The molecule has 29 heavy (non-hydrogen) atoms. The quantitative estimate of drug-likeness (QED) is 0.560. The SMILES string of the molecule is CCNc1c(C=N)cc2nc1CCCOC[C@H](c1ccc(Cl)c(F)c1)NC(=O)N2. The monoisotopic (exact) mass is 419 g/mol. The molecule has 2 heterocycles. The summed E-state index contributed by atoms with van der Waals surface area (Å²) in [6.45, 7) is 3.31. The summed E-state index contributed by atoms with van der Waals surface area (Å²) < 4.78 is 19.6. The van der Waals surface area contributed by atoms with Crippen LogP contribution in [0.1, 0.15) is 36.2 Å². The third-order valence-electron chi connectivity index (χ3n) is 4.51. The second-order valence-corrected chi connectivity index (χ2v) is 7.00. The maximum Gasteiger partial charge on any atom is 0.320 e. The smallest absolute Gasteiger partial charge is 0.320 e. The van der Waals surface area contributed by atoms with E-state index >= 15 is 0 Å². The van der Waals surface area contributed by atoms with Crippen molar-refractivity contribution in [2.24, 2.45) is 0 Å². The predicted octanol–water partition coefficient (Wildman–Crippen LogP) is 4.13. The summed E-state index contributed by atoms with van der Waals surface area (Å²) in [7, 11) is 0. The van der Waals surface area contributed by atoms with Crippen molar-refractivity contribution in [2.75, 3.05) is 30.4 Å². The van der Waals surface area contributed by atoms with Crippen molar-refractivity contribution < 1.29 is 13.9 Å². The summed E-state index contributed by atoms with van der Waals surface area (Å²) in [4.78, 5) is 17.1. The lowest BCUT2D eigenvalue weighted by molar-refractivity contribution is 0.111. The molecule has 7 nitrogen and oxygen atoms in total. The minimum Gasteiger partial charge on any atom is -0.383 e. The summed E-state index contributed by atoms with van der Waals surface area (Å²) >= 11 is 5.76. The van der Waals surface area contributed by atoms with Crippen LogP contribution in [-0.2, 0) is 11.2 Å². The van der Waals surface area contributed by atoms with Gasteiger partial charge in [0.2, 0.25) is 0 Å². The Labute approximate surface area is 173 Å². The molecule has 1 aliphatic rings. The first-order chi connectivity index (χ1) is 14.0. The standard InChI is InChI=1S/C20H23ClFN5O2/c1-2-24-19-13(10-23)9-18-25-16(19)4-3-7-29-11-17(26-20(28)27-18)12-5-6-14(21)15(22)8-12/h5-6,8-10,17,23-24H,2-4,7,11H2,1H3,(H2,25,26,27,28)/t17-/m1/s1. The Balaban J connectivity index is 1.89. The van der Waals surface area contributed by atoms with E-state index in [2.05, 4.69) is 20.9 Å². The van der Waals surface area contributed by atoms with E-state index in [1.165, 1.54) is 18.3 Å². The number of halogens is 2. The third kappa shape index (κ3) is 5.21. The van der Waals surface area contributed by atoms with Gasteiger partial charge in [-0.05, 0) is 43.5 Å². The van der Waals surface area contributed by atoms with Crippen LogP contribution in [0.2, 0.25) is 5.02 Å². The van der Waals surface area contributed by atoms with E-state index in [9.17, 15) is 9.18 Å². The molecule has 2 aromatic rings. The summed E-state index contributed by atoms with van der Waals surface area (Å²) in [6, 6.07) is 4.99. The van der Waals surface area contributed by atoms with Crippen molar-refractivity contribution in [3.8, 4) is 0 Å². The van der Waals surface area contributed by atoms with Crippen molar-refractivity contribution in [3.05, 3.63) is 51.9 Å². The van der Waals surface area contributed by atoms with Gasteiger partial charge in [-0.1, -0.05) is 17.7 Å². The van der Waals surface area contributed by atoms with Crippen LogP contribution < -0.4 is 16.0 Å². The molecule has 1 aliphatic heterocycles. The zero-order chi connectivity index (χ0) is 20.8. The molecule has 0 unspecified atom stereocenters. The van der Waals surface area contributed by atoms with Gasteiger partial charge in [0.05, 0.1) is 29.1 Å². The van der Waals surface area contributed by atoms with Gasteiger partial charge in [-0.15, -0.1) is 0 Å². The first kappa shape index (κ1) is 21.0. The molecule has 3 rings (SSSR count). The maximum absolute atomic E-state index is 13.9. The van der Waals surface area contributed by atoms with Crippen LogP contribution >= 0.6 is 11.6 Å². The number of carbonyl (C=O) groups excluding carboxylic acids is 1. The summed E-state index contributed by atoms with van der Waals surface area (Å²) in [5, 5.41) is 16.4. The number of aryl methyl sites for hydroxylation is 1. The molecule has 1 atom stereocenters. The number of carbonyl (C=O) groups is 1. The molecular weight excluding hydrogens is 397 g/mol. The molecule has 0 spiro atoms. The molecule has 4 N–H and O–H groups in total. The van der Waals surface area contributed by atoms with Crippen LogP contribution in [0, 0.1) is 11.2 Å². The molecule has 1 aromatic heterocycles. The molecule has 0 aliphatic carbocycles. The minimum atomic E-state index is -0.557. The highest BCUT2D eigenvalue weighted by Crippen LogP contribution is 2.25. The van der Waals surface area contributed by atoms with E-state index in [1.54, 1.807) is 12.1 Å². The molecule has 0 saturated heterocycles. The highest BCUT2D eigenvalue weighted by Gasteiger charge is 2.19. The van der Waals surface area contributed by atoms with Crippen molar-refractivity contribution in [3.63, 3.8) is 0 Å². The second kappa shape index (κ2) is 9.67. The number of fused-ring (bicyclic) bond motifs is 2. The number of rotatable bonds is 4. The number of ether oxygens (including phenoxy) is 1. The average Bonchev–Trinajstić information content (AvgIpc) is 2.69. The number of urea groups is 1. The predicted molar refractivity (Wildman–Crippen MR) is 112 cm³/mol. The van der Waals surface area contributed by atoms with Crippen LogP contribution in [0.25, 0.3) is 0 Å². The number of benzene rings is 1. The minimum absolute atomic E-state index is 0.0176. The lowest BCUT2D eigenvalue weighted by Gasteiger charge is -2.22. The van der Waals surface area contributed by atoms with Gasteiger partial charge in [0.25, 0.3) is 0 Å². The molecule has 0 fully saturated rings. The van der Waals surface area contributed by atoms with Crippen molar-refractivity contribution in [1.82, 2.24) is 10.3 Å². The van der Waals surface area contributed by atoms with E-state index in [0.717, 1.165) is 11.4 Å². The summed E-state index contributed by atoms with van der Waals surface area (Å²) in [5.74, 6) is -0.210. The molecule has 2 amide bonds. The Kier molecular flexibility index (Phi) is 7.00. The fourth-order valence-electron chi connectivity index (χ4n) is 3.16. The first-order valence-corrected chi connectivity index (χ1v) is 9.78. The topological polar surface area (TPSA) is 99.1 Å². The van der Waals surface area contributed by atoms with E-state index in [-0.39, 0.29) is 11.6 Å². The average molecular weight is 420 g/mol. The van der Waals surface area contributed by atoms with E-state index < -0.39 is 17.9 Å². The molecule has 0 saturated carbocycles. The zero-order valence-electron chi connectivity index (χ0n) is 16.0. The Bertz CT molecular complexity index is 909. The van der Waals surface area contributed by atoms with Crippen LogP contribution in [-0.4, -0.2) is 37.0 Å². The molecular formula is C20H23ClFN5O2. The molecule has 0 radical (unpaired) electrons. The number of anilines is 2. The number of pyridine rings is 1. The van der Waals surface area contributed by atoms with Gasteiger partial charge in [-0.2, -0.15) is 0 Å². The third-order valence-corrected chi connectivity index (χ3v) is 4.82. The first-order valence-electron chi connectivity index (χ1n) is 9.40. The van der Waals surface area contributed by atoms with Gasteiger partial charge in [-0.3, -0.25) is 5.32 Å². The largest absolute Gasteiger partial charge is 0.383 e. The number of aromatic nitrogens is 1. The molecule has 1 aromatic carbocycles. The van der Waals surface area contributed by atoms with Crippen LogP contribution in [0.4, 0.5) is 20.7 Å². The van der Waals surface area contributed by atoms with Gasteiger partial charge < -0.3 is 20.8 Å². The summed E-state index contributed by atoms with van der Waals surface area (Å²) in [5.41, 5.74) is 2.75. The number of hydrogen-bond donors (Lipinski definition) is 4. The van der Waals surface area contributed by atoms with Crippen molar-refractivity contribution in [1.29, 1.82) is 5.41 Å². The lowest BCUT2D eigenvalue weighted by Crippen LogP contribution is -2.35. The number of nitrogens with zero attached hydrogens (tertiary/aromatic N) is 1. The van der Waals surface area contributed by atoms with Gasteiger partial charge in [0.15, 0.2) is 0 Å². The Hall–Kier alpha value is -2.71. The van der Waals surface area contributed by atoms with Gasteiger partial charge >= 0.3 is 6.03 Å². The lowest BCUT2D eigenvalue weighted by atomic mass is 10.1. The molecule has 9 heteroatoms. The van der Waals surface area contributed by atoms with Crippen LogP contribution in [0.15, 0.2) is 24.3 Å². The van der Waals surface area contributed by atoms with Gasteiger partial charge in [0.1, 0.15) is 11.6 Å². The van der Waals surface area contributed by atoms with E-state index in [0.29, 0.717) is 42.9 Å². The van der Waals surface area contributed by atoms with E-state index in [1.807, 2.05) is 6.92 Å². The Morgan fingerprint density at radius 2 is 2.28 bits per heavy atom. The zero-order valence-corrected chi connectivity index (χ0v) is 16.8. The van der Waals surface area contributed by atoms with Crippen LogP contribution in [0.5, 0.6) is 0 Å². The fourth-order valence-corrected chi connectivity index (χ4v) is 3.28. The number of hydrogen-bond acceptors (Lipinski definition) is 5. The summed E-state index contributed by atoms with van der Waals surface area (Å²) in [6.07, 6.45) is 2.57.